The molecule has 0 saturated heterocycles. The van der Waals surface area contributed by atoms with Crippen molar-refractivity contribution in [2.75, 3.05) is 27.3 Å². The van der Waals surface area contributed by atoms with Crippen LogP contribution in [0.15, 0.2) is 11.1 Å². The lowest BCUT2D eigenvalue weighted by Crippen LogP contribution is -2.39. The molecule has 1 aliphatic heterocycles. The van der Waals surface area contributed by atoms with Gasteiger partial charge in [0.1, 0.15) is 0 Å². The second-order valence-electron chi connectivity index (χ2n) is 5.11. The van der Waals surface area contributed by atoms with Gasteiger partial charge in [0.25, 0.3) is 5.91 Å². The molecule has 0 radical (unpaired) electrons. The summed E-state index contributed by atoms with van der Waals surface area (Å²) in [6.07, 6.45) is 4.45. The highest BCUT2D eigenvalue weighted by molar-refractivity contribution is 6.02. The van der Waals surface area contributed by atoms with Crippen molar-refractivity contribution in [1.82, 2.24) is 10.2 Å². The molecule has 1 heterocycles. The van der Waals surface area contributed by atoms with Crippen LogP contribution >= 0.6 is 0 Å². The Morgan fingerprint density at radius 1 is 1.47 bits per heavy atom. The molecule has 1 saturated carbocycles. The molecule has 0 spiro atoms. The molecule has 2 amide bonds. The Hall–Kier alpha value is -1.36. The Morgan fingerprint density at radius 3 is 2.95 bits per heavy atom. The highest BCUT2D eigenvalue weighted by Crippen LogP contribution is 2.37. The summed E-state index contributed by atoms with van der Waals surface area (Å²) >= 11 is 0. The van der Waals surface area contributed by atoms with Gasteiger partial charge in [-0.25, -0.2) is 0 Å². The van der Waals surface area contributed by atoms with Crippen LogP contribution in [-0.4, -0.2) is 50.1 Å². The van der Waals surface area contributed by atoms with Gasteiger partial charge in [0.05, 0.1) is 19.1 Å². The van der Waals surface area contributed by atoms with Crippen LogP contribution in [0, 0.1) is 0 Å². The molecule has 2 aliphatic rings. The Labute approximate surface area is 114 Å². The molecule has 5 nitrogen and oxygen atoms in total. The van der Waals surface area contributed by atoms with E-state index in [9.17, 15) is 9.59 Å². The molecule has 1 N–H and O–H groups in total. The van der Waals surface area contributed by atoms with E-state index >= 15 is 0 Å². The largest absolute Gasteiger partial charge is 0.383 e. The SMILES string of the molecule is CNC(=O)CC1=C2CCCCC2N(CCOC)C1=O. The van der Waals surface area contributed by atoms with Crippen molar-refractivity contribution in [2.45, 2.75) is 38.1 Å². The van der Waals surface area contributed by atoms with Crippen molar-refractivity contribution in [3.8, 4) is 0 Å². The molecule has 19 heavy (non-hydrogen) atoms. The van der Waals surface area contributed by atoms with E-state index in [1.807, 2.05) is 4.90 Å². The summed E-state index contributed by atoms with van der Waals surface area (Å²) in [7, 11) is 3.25. The van der Waals surface area contributed by atoms with Gasteiger partial charge in [0.15, 0.2) is 0 Å². The van der Waals surface area contributed by atoms with Crippen molar-refractivity contribution in [2.24, 2.45) is 0 Å². The maximum absolute atomic E-state index is 12.5. The predicted molar refractivity (Wildman–Crippen MR) is 71.6 cm³/mol. The van der Waals surface area contributed by atoms with Gasteiger partial charge in [0.2, 0.25) is 5.91 Å². The summed E-state index contributed by atoms with van der Waals surface area (Å²) in [4.78, 5) is 25.9. The number of hydrogen-bond acceptors (Lipinski definition) is 3. The van der Waals surface area contributed by atoms with Crippen LogP contribution in [0.25, 0.3) is 0 Å². The molecule has 1 fully saturated rings. The van der Waals surface area contributed by atoms with E-state index in [0.717, 1.165) is 31.3 Å². The number of methoxy groups -OCH3 is 1. The lowest BCUT2D eigenvalue weighted by atomic mass is 9.88. The van der Waals surface area contributed by atoms with E-state index in [1.165, 1.54) is 5.57 Å². The van der Waals surface area contributed by atoms with Crippen LogP contribution in [0.2, 0.25) is 0 Å². The fourth-order valence-electron chi connectivity index (χ4n) is 3.03. The third kappa shape index (κ3) is 2.81. The number of nitrogens with zero attached hydrogens (tertiary/aromatic N) is 1. The molecule has 0 bridgehead atoms. The van der Waals surface area contributed by atoms with Gasteiger partial charge in [0, 0.05) is 26.3 Å². The Bertz CT molecular complexity index is 403. The monoisotopic (exact) mass is 266 g/mol. The molecule has 2 rings (SSSR count). The number of nitrogens with one attached hydrogen (secondary N) is 1. The number of fused-ring (bicyclic) bond motifs is 1. The van der Waals surface area contributed by atoms with Gasteiger partial charge in [-0.1, -0.05) is 6.42 Å². The first-order chi connectivity index (χ1) is 9.19. The highest BCUT2D eigenvalue weighted by atomic mass is 16.5. The molecule has 106 valence electrons. The highest BCUT2D eigenvalue weighted by Gasteiger charge is 2.39. The van der Waals surface area contributed by atoms with Crippen molar-refractivity contribution < 1.29 is 14.3 Å². The lowest BCUT2D eigenvalue weighted by Gasteiger charge is -2.29. The van der Waals surface area contributed by atoms with E-state index in [4.69, 9.17) is 4.74 Å². The van der Waals surface area contributed by atoms with Crippen molar-refractivity contribution >= 4 is 11.8 Å². The molecular formula is C14H22N2O3. The van der Waals surface area contributed by atoms with Crippen molar-refractivity contribution in [3.05, 3.63) is 11.1 Å². The third-order valence-electron chi connectivity index (χ3n) is 4.01. The zero-order valence-corrected chi connectivity index (χ0v) is 11.7. The van der Waals surface area contributed by atoms with E-state index in [2.05, 4.69) is 5.32 Å². The van der Waals surface area contributed by atoms with E-state index in [1.54, 1.807) is 14.2 Å². The first-order valence-electron chi connectivity index (χ1n) is 6.91. The van der Waals surface area contributed by atoms with E-state index in [0.29, 0.717) is 13.2 Å². The summed E-state index contributed by atoms with van der Waals surface area (Å²) in [5, 5.41) is 2.60. The lowest BCUT2D eigenvalue weighted by molar-refractivity contribution is -0.129. The van der Waals surface area contributed by atoms with Gasteiger partial charge in [-0.05, 0) is 24.8 Å². The fourth-order valence-corrected chi connectivity index (χ4v) is 3.03. The van der Waals surface area contributed by atoms with Crippen LogP contribution in [-0.2, 0) is 14.3 Å². The number of ether oxygens (including phenoxy) is 1. The normalized spacial score (nSPS) is 22.7. The second kappa shape index (κ2) is 6.19. The number of amides is 2. The van der Waals surface area contributed by atoms with Crippen molar-refractivity contribution in [1.29, 1.82) is 0 Å². The summed E-state index contributed by atoms with van der Waals surface area (Å²) in [6, 6.07) is 0.205. The summed E-state index contributed by atoms with van der Waals surface area (Å²) < 4.78 is 5.08. The minimum absolute atomic E-state index is 0.0301. The van der Waals surface area contributed by atoms with Gasteiger partial charge in [-0.15, -0.1) is 0 Å². The quantitative estimate of drug-likeness (QED) is 0.802. The molecule has 5 heteroatoms. The summed E-state index contributed by atoms with van der Waals surface area (Å²) in [5.74, 6) is -0.0590. The van der Waals surface area contributed by atoms with Gasteiger partial charge >= 0.3 is 0 Å². The maximum Gasteiger partial charge on any atom is 0.250 e. The first-order valence-corrected chi connectivity index (χ1v) is 6.91. The Balaban J connectivity index is 2.18. The molecule has 0 aromatic rings. The van der Waals surface area contributed by atoms with E-state index in [-0.39, 0.29) is 24.3 Å². The van der Waals surface area contributed by atoms with Crippen molar-refractivity contribution in [3.63, 3.8) is 0 Å². The molecule has 1 aliphatic carbocycles. The topological polar surface area (TPSA) is 58.6 Å². The summed E-state index contributed by atoms with van der Waals surface area (Å²) in [5.41, 5.74) is 1.91. The minimum atomic E-state index is -0.0891. The average molecular weight is 266 g/mol. The van der Waals surface area contributed by atoms with Crippen LogP contribution in [0.4, 0.5) is 0 Å². The first kappa shape index (κ1) is 14.1. The molecule has 1 unspecified atom stereocenters. The Morgan fingerprint density at radius 2 is 2.26 bits per heavy atom. The fraction of sp³-hybridized carbons (Fsp3) is 0.714. The van der Waals surface area contributed by atoms with Crippen LogP contribution in [0.3, 0.4) is 0 Å². The minimum Gasteiger partial charge on any atom is -0.383 e. The zero-order chi connectivity index (χ0) is 13.8. The smallest absolute Gasteiger partial charge is 0.250 e. The molecule has 0 aromatic carbocycles. The maximum atomic E-state index is 12.5. The number of hydrogen-bond donors (Lipinski definition) is 1. The zero-order valence-electron chi connectivity index (χ0n) is 11.7. The summed E-state index contributed by atoms with van der Waals surface area (Å²) in [6.45, 7) is 1.16. The predicted octanol–water partition coefficient (Wildman–Crippen LogP) is 0.850. The standard InChI is InChI=1S/C14H22N2O3/c1-15-13(17)9-11-10-5-3-4-6-12(10)16(14(11)18)7-8-19-2/h12H,3-9H2,1-2H3,(H,15,17). The Kier molecular flexibility index (Phi) is 4.58. The van der Waals surface area contributed by atoms with Crippen LogP contribution < -0.4 is 5.32 Å². The van der Waals surface area contributed by atoms with Crippen LogP contribution in [0.1, 0.15) is 32.1 Å². The second-order valence-corrected chi connectivity index (χ2v) is 5.11. The molecular weight excluding hydrogens is 244 g/mol. The van der Waals surface area contributed by atoms with Gasteiger partial charge in [-0.3, -0.25) is 9.59 Å². The number of carbonyl (C=O) groups excluding carboxylic acids is 2. The third-order valence-corrected chi connectivity index (χ3v) is 4.01. The van der Waals surface area contributed by atoms with E-state index < -0.39 is 0 Å². The van der Waals surface area contributed by atoms with Gasteiger partial charge in [-0.2, -0.15) is 0 Å². The van der Waals surface area contributed by atoms with Gasteiger partial charge < -0.3 is 15.0 Å². The average Bonchev–Trinajstić information content (AvgIpc) is 2.70. The number of rotatable bonds is 5. The number of carbonyl (C=O) groups is 2. The van der Waals surface area contributed by atoms with Crippen LogP contribution in [0.5, 0.6) is 0 Å². The molecule has 0 aromatic heterocycles. The molecule has 1 atom stereocenters.